The van der Waals surface area contributed by atoms with Gasteiger partial charge >= 0.3 is 5.97 Å². The summed E-state index contributed by atoms with van der Waals surface area (Å²) in [7, 11) is 1.60. The summed E-state index contributed by atoms with van der Waals surface area (Å²) in [5.41, 5.74) is 0.864. The Morgan fingerprint density at radius 3 is 2.75 bits per heavy atom. The molecule has 1 aliphatic heterocycles. The van der Waals surface area contributed by atoms with Crippen LogP contribution in [0.15, 0.2) is 24.3 Å². The summed E-state index contributed by atoms with van der Waals surface area (Å²) >= 11 is 0. The topological polar surface area (TPSA) is 66.8 Å². The molecule has 1 aromatic rings. The molecule has 1 amide bonds. The second-order valence-electron chi connectivity index (χ2n) is 6.95. The molecule has 1 heterocycles. The van der Waals surface area contributed by atoms with Crippen molar-refractivity contribution in [3.63, 3.8) is 0 Å². The van der Waals surface area contributed by atoms with Crippen molar-refractivity contribution < 1.29 is 19.4 Å². The molecule has 0 aromatic heterocycles. The Hall–Kier alpha value is -2.04. The van der Waals surface area contributed by atoms with Gasteiger partial charge in [-0.05, 0) is 49.8 Å². The molecule has 24 heavy (non-hydrogen) atoms. The van der Waals surface area contributed by atoms with Crippen LogP contribution >= 0.6 is 0 Å². The molecule has 0 radical (unpaired) electrons. The van der Waals surface area contributed by atoms with Gasteiger partial charge in [0.2, 0.25) is 5.91 Å². The molecule has 1 saturated carbocycles. The quantitative estimate of drug-likeness (QED) is 0.921. The van der Waals surface area contributed by atoms with Crippen molar-refractivity contribution in [2.75, 3.05) is 7.11 Å². The lowest BCUT2D eigenvalue weighted by molar-refractivity contribution is -0.150. The van der Waals surface area contributed by atoms with E-state index in [-0.39, 0.29) is 17.9 Å². The maximum absolute atomic E-state index is 13.1. The molecule has 4 atom stereocenters. The summed E-state index contributed by atoms with van der Waals surface area (Å²) in [6, 6.07) is 6.86. The van der Waals surface area contributed by atoms with Crippen LogP contribution in [-0.4, -0.2) is 41.1 Å². The van der Waals surface area contributed by atoms with Crippen LogP contribution in [0.4, 0.5) is 0 Å². The highest BCUT2D eigenvalue weighted by Gasteiger charge is 2.48. The molecule has 4 unspecified atom stereocenters. The first-order valence-electron chi connectivity index (χ1n) is 8.72. The number of carboxylic acid groups (broad SMARTS) is 1. The minimum atomic E-state index is -0.879. The fraction of sp³-hybridized carbons (Fsp3) is 0.579. The van der Waals surface area contributed by atoms with Gasteiger partial charge in [0.25, 0.3) is 0 Å². The number of carbonyl (C=O) groups excluding carboxylic acids is 1. The Morgan fingerprint density at radius 2 is 2.04 bits per heavy atom. The average molecular weight is 331 g/mol. The van der Waals surface area contributed by atoms with E-state index in [1.54, 1.807) is 12.0 Å². The molecule has 1 aliphatic carbocycles. The van der Waals surface area contributed by atoms with Gasteiger partial charge < -0.3 is 14.7 Å². The van der Waals surface area contributed by atoms with Gasteiger partial charge in [0, 0.05) is 6.04 Å². The normalized spacial score (nSPS) is 27.4. The summed E-state index contributed by atoms with van der Waals surface area (Å²) in [6.45, 7) is 1.85. The number of hydrogen-bond donors (Lipinski definition) is 1. The molecule has 2 fully saturated rings. The van der Waals surface area contributed by atoms with E-state index in [0.717, 1.165) is 31.2 Å². The third-order valence-corrected chi connectivity index (χ3v) is 5.59. The fourth-order valence-corrected chi connectivity index (χ4v) is 4.27. The summed E-state index contributed by atoms with van der Waals surface area (Å²) in [5, 5.41) is 9.60. The van der Waals surface area contributed by atoms with Crippen molar-refractivity contribution in [2.45, 2.75) is 57.0 Å². The Labute approximate surface area is 142 Å². The monoisotopic (exact) mass is 331 g/mol. The van der Waals surface area contributed by atoms with E-state index >= 15 is 0 Å². The molecule has 3 rings (SSSR count). The molecule has 1 N–H and O–H groups in total. The Morgan fingerprint density at radius 1 is 1.29 bits per heavy atom. The van der Waals surface area contributed by atoms with E-state index in [0.29, 0.717) is 18.1 Å². The van der Waals surface area contributed by atoms with Crippen LogP contribution in [0.5, 0.6) is 5.75 Å². The number of methoxy groups -OCH3 is 1. The summed E-state index contributed by atoms with van der Waals surface area (Å²) in [4.78, 5) is 26.5. The van der Waals surface area contributed by atoms with E-state index in [2.05, 4.69) is 0 Å². The summed E-state index contributed by atoms with van der Waals surface area (Å²) in [5.74, 6) is -0.288. The van der Waals surface area contributed by atoms with Crippen LogP contribution in [-0.2, 0) is 9.59 Å². The molecule has 1 aromatic carbocycles. The first kappa shape index (κ1) is 16.8. The van der Waals surface area contributed by atoms with E-state index < -0.39 is 12.0 Å². The van der Waals surface area contributed by atoms with Crippen LogP contribution in [0.1, 0.15) is 50.5 Å². The molecule has 2 aliphatic rings. The van der Waals surface area contributed by atoms with Gasteiger partial charge in [-0.3, -0.25) is 4.79 Å². The summed E-state index contributed by atoms with van der Waals surface area (Å²) in [6.07, 6.45) is 4.76. The van der Waals surface area contributed by atoms with Crippen molar-refractivity contribution in [1.29, 1.82) is 0 Å². The molecular weight excluding hydrogens is 306 g/mol. The highest BCUT2D eigenvalue weighted by molar-refractivity contribution is 5.89. The molecule has 1 saturated heterocycles. The lowest BCUT2D eigenvalue weighted by Gasteiger charge is -2.34. The van der Waals surface area contributed by atoms with Gasteiger partial charge in [0.05, 0.1) is 13.0 Å². The Balaban J connectivity index is 1.86. The van der Waals surface area contributed by atoms with Crippen molar-refractivity contribution in [3.05, 3.63) is 29.8 Å². The van der Waals surface area contributed by atoms with Gasteiger partial charge in [-0.1, -0.05) is 25.0 Å². The summed E-state index contributed by atoms with van der Waals surface area (Å²) < 4.78 is 5.24. The average Bonchev–Trinajstić information content (AvgIpc) is 3.00. The number of hydrogen-bond acceptors (Lipinski definition) is 3. The number of likely N-dealkylation sites (tertiary alicyclic amines) is 1. The van der Waals surface area contributed by atoms with E-state index in [4.69, 9.17) is 4.74 Å². The maximum atomic E-state index is 13.1. The number of amides is 1. The largest absolute Gasteiger partial charge is 0.497 e. The lowest BCUT2D eigenvalue weighted by atomic mass is 9.84. The van der Waals surface area contributed by atoms with E-state index in [1.807, 2.05) is 31.2 Å². The van der Waals surface area contributed by atoms with Crippen LogP contribution in [0, 0.1) is 5.92 Å². The zero-order valence-corrected chi connectivity index (χ0v) is 14.3. The van der Waals surface area contributed by atoms with Crippen LogP contribution in [0.2, 0.25) is 0 Å². The second kappa shape index (κ2) is 6.83. The highest BCUT2D eigenvalue weighted by atomic mass is 16.5. The third kappa shape index (κ3) is 2.99. The number of ether oxygens (including phenoxy) is 1. The molecule has 0 spiro atoms. The molecule has 0 bridgehead atoms. The zero-order valence-electron chi connectivity index (χ0n) is 14.3. The van der Waals surface area contributed by atoms with Gasteiger partial charge in [-0.15, -0.1) is 0 Å². The number of benzene rings is 1. The van der Waals surface area contributed by atoms with E-state index in [9.17, 15) is 14.7 Å². The Bertz CT molecular complexity index is 630. The van der Waals surface area contributed by atoms with Crippen molar-refractivity contribution in [1.82, 2.24) is 4.90 Å². The second-order valence-corrected chi connectivity index (χ2v) is 6.95. The van der Waals surface area contributed by atoms with Crippen molar-refractivity contribution in [2.24, 2.45) is 5.92 Å². The number of carbonyl (C=O) groups is 2. The van der Waals surface area contributed by atoms with E-state index in [1.165, 1.54) is 0 Å². The SMILES string of the molecule is COc1cccc(C(C)C(=O)N2C(C(=O)O)CC3CCCCC32)c1. The molecular formula is C19H25NO4. The third-order valence-electron chi connectivity index (χ3n) is 5.59. The predicted octanol–water partition coefficient (Wildman–Crippen LogP) is 3.04. The van der Waals surface area contributed by atoms with Crippen molar-refractivity contribution >= 4 is 11.9 Å². The fourth-order valence-electron chi connectivity index (χ4n) is 4.27. The first-order chi connectivity index (χ1) is 11.5. The maximum Gasteiger partial charge on any atom is 0.326 e. The first-order valence-corrected chi connectivity index (χ1v) is 8.72. The smallest absolute Gasteiger partial charge is 0.326 e. The number of fused-ring (bicyclic) bond motifs is 1. The highest BCUT2D eigenvalue weighted by Crippen LogP contribution is 2.41. The van der Waals surface area contributed by atoms with Crippen LogP contribution < -0.4 is 4.74 Å². The standard InChI is InChI=1S/C19H25NO4/c1-12(13-7-5-8-15(10-13)24-2)18(21)20-16-9-4-3-6-14(16)11-17(20)19(22)23/h5,7-8,10,12,14,16-17H,3-4,6,9,11H2,1-2H3,(H,22,23). The lowest BCUT2D eigenvalue weighted by Crippen LogP contribution is -2.47. The number of carboxylic acids is 1. The van der Waals surface area contributed by atoms with Gasteiger partial charge in [0.15, 0.2) is 0 Å². The Kier molecular flexibility index (Phi) is 4.78. The number of nitrogens with zero attached hydrogens (tertiary/aromatic N) is 1. The number of rotatable bonds is 4. The number of aliphatic carboxylic acids is 1. The zero-order chi connectivity index (χ0) is 17.3. The minimum Gasteiger partial charge on any atom is -0.497 e. The minimum absolute atomic E-state index is 0.0787. The van der Waals surface area contributed by atoms with Crippen LogP contribution in [0.3, 0.4) is 0 Å². The molecule has 5 heteroatoms. The van der Waals surface area contributed by atoms with Gasteiger partial charge in [-0.2, -0.15) is 0 Å². The molecule has 130 valence electrons. The van der Waals surface area contributed by atoms with Crippen molar-refractivity contribution in [3.8, 4) is 5.75 Å². The predicted molar refractivity (Wildman–Crippen MR) is 90.0 cm³/mol. The van der Waals surface area contributed by atoms with Crippen LogP contribution in [0.25, 0.3) is 0 Å². The molecule has 5 nitrogen and oxygen atoms in total. The van der Waals surface area contributed by atoms with Gasteiger partial charge in [-0.25, -0.2) is 4.79 Å². The van der Waals surface area contributed by atoms with Gasteiger partial charge in [0.1, 0.15) is 11.8 Å².